The molecule has 3 heterocycles. The second kappa shape index (κ2) is 7.17. The van der Waals surface area contributed by atoms with Crippen LogP contribution in [0, 0.1) is 5.92 Å². The minimum absolute atomic E-state index is 0.159. The molecule has 0 saturated carbocycles. The molecule has 2 aromatic rings. The smallest absolute Gasteiger partial charge is 0.264 e. The molecule has 6 nitrogen and oxygen atoms in total. The van der Waals surface area contributed by atoms with Crippen LogP contribution in [0.5, 0.6) is 0 Å². The van der Waals surface area contributed by atoms with Crippen LogP contribution in [0.15, 0.2) is 41.5 Å². The Bertz CT molecular complexity index is 694. The van der Waals surface area contributed by atoms with E-state index >= 15 is 0 Å². The number of aromatic amines is 1. The van der Waals surface area contributed by atoms with Gasteiger partial charge < -0.3 is 4.90 Å². The van der Waals surface area contributed by atoms with Crippen LogP contribution in [0.25, 0.3) is 0 Å². The van der Waals surface area contributed by atoms with Gasteiger partial charge >= 0.3 is 0 Å². The topological polar surface area (TPSA) is 79.0 Å². The molecule has 1 amide bonds. The molecule has 2 aromatic heterocycles. The maximum Gasteiger partial charge on any atom is 0.264 e. The summed E-state index contributed by atoms with van der Waals surface area (Å²) in [5.74, 6) is 0.668. The third kappa shape index (κ3) is 4.25. The molecular formula is C17H20N4O2. The molecule has 1 aliphatic heterocycles. The maximum atomic E-state index is 12.3. The largest absolute Gasteiger partial charge is 0.342 e. The van der Waals surface area contributed by atoms with Crippen molar-refractivity contribution in [2.45, 2.75) is 25.7 Å². The zero-order valence-electron chi connectivity index (χ0n) is 12.9. The predicted octanol–water partition coefficient (Wildman–Crippen LogP) is 1.19. The van der Waals surface area contributed by atoms with E-state index in [1.54, 1.807) is 12.3 Å². The second-order valence-corrected chi connectivity index (χ2v) is 5.97. The van der Waals surface area contributed by atoms with Gasteiger partial charge in [-0.05, 0) is 36.5 Å². The van der Waals surface area contributed by atoms with Crippen LogP contribution in [-0.2, 0) is 17.6 Å². The fourth-order valence-corrected chi connectivity index (χ4v) is 2.98. The molecule has 120 valence electrons. The third-order valence-electron chi connectivity index (χ3n) is 4.22. The molecule has 0 bridgehead atoms. The number of amides is 1. The van der Waals surface area contributed by atoms with E-state index in [9.17, 15) is 9.59 Å². The van der Waals surface area contributed by atoms with E-state index in [-0.39, 0.29) is 11.5 Å². The van der Waals surface area contributed by atoms with Gasteiger partial charge in [0.2, 0.25) is 5.91 Å². The average molecular weight is 312 g/mol. The highest BCUT2D eigenvalue weighted by Gasteiger charge is 2.26. The van der Waals surface area contributed by atoms with Crippen molar-refractivity contribution < 1.29 is 4.79 Å². The van der Waals surface area contributed by atoms with E-state index in [0.717, 1.165) is 31.6 Å². The van der Waals surface area contributed by atoms with Crippen molar-refractivity contribution in [3.05, 3.63) is 58.3 Å². The Kier molecular flexibility index (Phi) is 4.80. The molecule has 0 aromatic carbocycles. The lowest BCUT2D eigenvalue weighted by molar-refractivity contribution is -0.130. The quantitative estimate of drug-likeness (QED) is 0.899. The van der Waals surface area contributed by atoms with E-state index in [2.05, 4.69) is 21.2 Å². The molecule has 1 aliphatic rings. The third-order valence-corrected chi connectivity index (χ3v) is 4.22. The number of aryl methyl sites for hydroxylation is 1. The summed E-state index contributed by atoms with van der Waals surface area (Å²) in [7, 11) is 0. The fourth-order valence-electron chi connectivity index (χ4n) is 2.98. The first-order valence-corrected chi connectivity index (χ1v) is 7.92. The van der Waals surface area contributed by atoms with Crippen molar-refractivity contribution >= 4 is 5.91 Å². The van der Waals surface area contributed by atoms with Gasteiger partial charge in [-0.2, -0.15) is 5.10 Å². The molecule has 1 fully saturated rings. The Hall–Kier alpha value is -2.50. The Morgan fingerprint density at radius 1 is 1.35 bits per heavy atom. The highest BCUT2D eigenvalue weighted by molar-refractivity contribution is 5.76. The number of likely N-dealkylation sites (tertiary alicyclic amines) is 1. The van der Waals surface area contributed by atoms with Gasteiger partial charge in [-0.25, -0.2) is 5.10 Å². The molecular weight excluding hydrogens is 292 g/mol. The second-order valence-electron chi connectivity index (χ2n) is 5.97. The summed E-state index contributed by atoms with van der Waals surface area (Å²) in [5.41, 5.74) is 1.74. The van der Waals surface area contributed by atoms with Crippen LogP contribution in [0.4, 0.5) is 0 Å². The molecule has 0 aliphatic carbocycles. The number of hydrogen-bond donors (Lipinski definition) is 1. The summed E-state index contributed by atoms with van der Waals surface area (Å²) in [4.78, 5) is 29.3. The first-order chi connectivity index (χ1) is 11.2. The molecule has 6 heteroatoms. The number of aromatic nitrogens is 3. The van der Waals surface area contributed by atoms with E-state index in [1.165, 1.54) is 11.6 Å². The number of carbonyl (C=O) groups is 1. The van der Waals surface area contributed by atoms with Crippen LogP contribution >= 0.6 is 0 Å². The van der Waals surface area contributed by atoms with Crippen LogP contribution < -0.4 is 5.56 Å². The number of nitrogens with zero attached hydrogens (tertiary/aromatic N) is 3. The molecule has 0 spiro atoms. The van der Waals surface area contributed by atoms with Crippen LogP contribution in [0.3, 0.4) is 0 Å². The molecule has 1 atom stereocenters. The monoisotopic (exact) mass is 312 g/mol. The number of carbonyl (C=O) groups excluding carboxylic acids is 1. The first kappa shape index (κ1) is 15.4. The van der Waals surface area contributed by atoms with Crippen LogP contribution in [-0.4, -0.2) is 39.1 Å². The van der Waals surface area contributed by atoms with Gasteiger partial charge in [-0.1, -0.05) is 6.07 Å². The van der Waals surface area contributed by atoms with Crippen molar-refractivity contribution in [2.75, 3.05) is 13.1 Å². The van der Waals surface area contributed by atoms with Crippen LogP contribution in [0.1, 0.15) is 24.1 Å². The normalized spacial score (nSPS) is 17.4. The van der Waals surface area contributed by atoms with Gasteiger partial charge in [-0.3, -0.25) is 14.6 Å². The lowest BCUT2D eigenvalue weighted by Gasteiger charge is -2.16. The summed E-state index contributed by atoms with van der Waals surface area (Å²) >= 11 is 0. The van der Waals surface area contributed by atoms with E-state index in [4.69, 9.17) is 0 Å². The predicted molar refractivity (Wildman–Crippen MR) is 85.8 cm³/mol. The fraction of sp³-hybridized carbons (Fsp3) is 0.412. The number of H-pyrrole nitrogens is 1. The number of nitrogens with one attached hydrogen (secondary N) is 1. The lowest BCUT2D eigenvalue weighted by atomic mass is 10.0. The summed E-state index contributed by atoms with van der Waals surface area (Å²) in [6.07, 6.45) is 6.67. The highest BCUT2D eigenvalue weighted by Crippen LogP contribution is 2.21. The number of rotatable bonds is 5. The van der Waals surface area contributed by atoms with Gasteiger partial charge in [0.1, 0.15) is 0 Å². The minimum atomic E-state index is -0.224. The van der Waals surface area contributed by atoms with Crippen molar-refractivity contribution in [1.29, 1.82) is 0 Å². The Morgan fingerprint density at radius 3 is 3.00 bits per heavy atom. The molecule has 3 rings (SSSR count). The van der Waals surface area contributed by atoms with Crippen molar-refractivity contribution in [3.8, 4) is 0 Å². The number of hydrogen-bond acceptors (Lipinski definition) is 4. The average Bonchev–Trinajstić information content (AvgIpc) is 3.03. The Balaban J connectivity index is 1.47. The van der Waals surface area contributed by atoms with Gasteiger partial charge in [0.05, 0.1) is 5.69 Å². The van der Waals surface area contributed by atoms with Gasteiger partial charge in [-0.15, -0.1) is 0 Å². The minimum Gasteiger partial charge on any atom is -0.342 e. The maximum absolute atomic E-state index is 12.3. The summed E-state index contributed by atoms with van der Waals surface area (Å²) in [6.45, 7) is 1.63. The van der Waals surface area contributed by atoms with Gasteiger partial charge in [0.25, 0.3) is 5.56 Å². The zero-order valence-corrected chi connectivity index (χ0v) is 12.9. The highest BCUT2D eigenvalue weighted by atomic mass is 16.2. The Morgan fingerprint density at radius 2 is 2.26 bits per heavy atom. The molecule has 1 saturated heterocycles. The van der Waals surface area contributed by atoms with Gasteiger partial charge in [0.15, 0.2) is 0 Å². The van der Waals surface area contributed by atoms with Crippen molar-refractivity contribution in [1.82, 2.24) is 20.1 Å². The first-order valence-electron chi connectivity index (χ1n) is 7.92. The zero-order chi connectivity index (χ0) is 16.1. The SMILES string of the molecule is O=C(CCc1ccc(=O)[nH]n1)N1CCC(Cc2cccnc2)C1. The Labute approximate surface area is 134 Å². The number of pyridine rings is 1. The van der Waals surface area contributed by atoms with E-state index in [1.807, 2.05) is 17.2 Å². The summed E-state index contributed by atoms with van der Waals surface area (Å²) in [5, 5.41) is 6.32. The van der Waals surface area contributed by atoms with E-state index < -0.39 is 0 Å². The molecule has 23 heavy (non-hydrogen) atoms. The summed E-state index contributed by atoms with van der Waals surface area (Å²) < 4.78 is 0. The molecule has 1 unspecified atom stereocenters. The van der Waals surface area contributed by atoms with Crippen molar-refractivity contribution in [2.24, 2.45) is 5.92 Å². The van der Waals surface area contributed by atoms with Crippen LogP contribution in [0.2, 0.25) is 0 Å². The van der Waals surface area contributed by atoms with Crippen molar-refractivity contribution in [3.63, 3.8) is 0 Å². The van der Waals surface area contributed by atoms with E-state index in [0.29, 0.717) is 18.8 Å². The summed E-state index contributed by atoms with van der Waals surface area (Å²) in [6, 6.07) is 7.14. The lowest BCUT2D eigenvalue weighted by Crippen LogP contribution is -2.29. The molecule has 1 N–H and O–H groups in total. The van der Waals surface area contributed by atoms with Gasteiger partial charge in [0, 0.05) is 44.4 Å². The standard InChI is InChI=1S/C17H20N4O2/c22-16-5-3-15(19-20-16)4-6-17(23)21-9-7-14(12-21)10-13-2-1-8-18-11-13/h1-3,5,8,11,14H,4,6-7,9-10,12H2,(H,20,22). The molecule has 0 radical (unpaired) electrons.